The second kappa shape index (κ2) is 6.33. The second-order valence-electron chi connectivity index (χ2n) is 3.80. The molecule has 2 rings (SSSR count). The van der Waals surface area contributed by atoms with Gasteiger partial charge < -0.3 is 8.98 Å². The minimum atomic E-state index is 0.867. The molecule has 2 aromatic rings. The van der Waals surface area contributed by atoms with Gasteiger partial charge in [0.2, 0.25) is 0 Å². The Hall–Kier alpha value is -0.880. The molecule has 0 atom stereocenters. The molecule has 0 aliphatic heterocycles. The van der Waals surface area contributed by atoms with E-state index in [1.807, 2.05) is 36.4 Å². The van der Waals surface area contributed by atoms with Crippen LogP contribution in [0, 0.1) is 6.92 Å². The van der Waals surface area contributed by atoms with E-state index in [1.54, 1.807) is 18.0 Å². The third-order valence-corrected chi connectivity index (χ3v) is 4.78. The van der Waals surface area contributed by atoms with Crippen LogP contribution in [0.4, 0.5) is 0 Å². The Morgan fingerprint density at radius 3 is 2.83 bits per heavy atom. The summed E-state index contributed by atoms with van der Waals surface area (Å²) >= 11 is 3.70. The highest BCUT2D eigenvalue weighted by Crippen LogP contribution is 2.25. The van der Waals surface area contributed by atoms with Crippen molar-refractivity contribution < 1.29 is 4.42 Å². The number of furan rings is 1. The minimum Gasteiger partial charge on any atom is -0.469 e. The molecule has 0 amide bonds. The summed E-state index contributed by atoms with van der Waals surface area (Å²) in [6, 6.07) is 1.93. The van der Waals surface area contributed by atoms with Gasteiger partial charge >= 0.3 is 0 Å². The Balaban J connectivity index is 2.07. The van der Waals surface area contributed by atoms with Crippen molar-refractivity contribution in [2.24, 2.45) is 7.05 Å². The van der Waals surface area contributed by atoms with E-state index >= 15 is 0 Å². The molecule has 4 nitrogen and oxygen atoms in total. The Bertz CT molecular complexity index is 507. The zero-order chi connectivity index (χ0) is 13.0. The largest absolute Gasteiger partial charge is 0.469 e. The van der Waals surface area contributed by atoms with Crippen molar-refractivity contribution in [3.63, 3.8) is 0 Å². The standard InChI is InChI=1S/C12H17N3OS2/c1-4-17-7-8-18-12-14-13-11(15(12)3)10-5-6-16-9(10)2/h5-6H,4,7-8H2,1-3H3. The van der Waals surface area contributed by atoms with E-state index in [4.69, 9.17) is 4.42 Å². The van der Waals surface area contributed by atoms with E-state index in [0.717, 1.165) is 33.8 Å². The molecule has 0 radical (unpaired) electrons. The van der Waals surface area contributed by atoms with E-state index in [1.165, 1.54) is 5.75 Å². The third kappa shape index (κ3) is 2.92. The maximum atomic E-state index is 5.31. The Kier molecular flexibility index (Phi) is 4.77. The molecule has 0 saturated carbocycles. The monoisotopic (exact) mass is 283 g/mol. The van der Waals surface area contributed by atoms with Crippen LogP contribution < -0.4 is 0 Å². The van der Waals surface area contributed by atoms with Crippen molar-refractivity contribution in [2.45, 2.75) is 19.0 Å². The molecule has 0 spiro atoms. The zero-order valence-electron chi connectivity index (χ0n) is 10.8. The molecule has 0 saturated heterocycles. The minimum absolute atomic E-state index is 0.867. The van der Waals surface area contributed by atoms with Gasteiger partial charge in [-0.15, -0.1) is 10.2 Å². The fourth-order valence-electron chi connectivity index (χ4n) is 1.63. The third-order valence-electron chi connectivity index (χ3n) is 2.60. The lowest BCUT2D eigenvalue weighted by molar-refractivity contribution is 0.534. The molecule has 0 fully saturated rings. The fourth-order valence-corrected chi connectivity index (χ4v) is 3.28. The normalized spacial score (nSPS) is 11.1. The molecule has 6 heteroatoms. The van der Waals surface area contributed by atoms with Crippen LogP contribution in [0.1, 0.15) is 12.7 Å². The average molecular weight is 283 g/mol. The highest BCUT2D eigenvalue weighted by molar-refractivity contribution is 8.02. The predicted octanol–water partition coefficient (Wildman–Crippen LogP) is 3.23. The molecule has 0 aromatic carbocycles. The lowest BCUT2D eigenvalue weighted by atomic mass is 10.2. The lowest BCUT2D eigenvalue weighted by Crippen LogP contribution is -1.96. The summed E-state index contributed by atoms with van der Waals surface area (Å²) in [7, 11) is 2.00. The van der Waals surface area contributed by atoms with E-state index in [0.29, 0.717) is 0 Å². The molecule has 18 heavy (non-hydrogen) atoms. The van der Waals surface area contributed by atoms with Gasteiger partial charge in [0.05, 0.1) is 11.8 Å². The van der Waals surface area contributed by atoms with E-state index in [2.05, 4.69) is 17.1 Å². The molecular weight excluding hydrogens is 266 g/mol. The zero-order valence-corrected chi connectivity index (χ0v) is 12.5. The van der Waals surface area contributed by atoms with Gasteiger partial charge in [0.1, 0.15) is 5.76 Å². The maximum Gasteiger partial charge on any atom is 0.191 e. The van der Waals surface area contributed by atoms with Gasteiger partial charge in [-0.05, 0) is 18.7 Å². The summed E-state index contributed by atoms with van der Waals surface area (Å²) in [5.74, 6) is 5.12. The molecule has 0 aliphatic carbocycles. The van der Waals surface area contributed by atoms with Crippen molar-refractivity contribution in [3.8, 4) is 11.4 Å². The molecule has 0 aliphatic rings. The van der Waals surface area contributed by atoms with Gasteiger partial charge in [-0.3, -0.25) is 0 Å². The van der Waals surface area contributed by atoms with Crippen LogP contribution in [0.3, 0.4) is 0 Å². The van der Waals surface area contributed by atoms with Gasteiger partial charge in [0, 0.05) is 18.6 Å². The lowest BCUT2D eigenvalue weighted by Gasteiger charge is -2.02. The average Bonchev–Trinajstić information content (AvgIpc) is 2.92. The summed E-state index contributed by atoms with van der Waals surface area (Å²) in [6.45, 7) is 4.12. The Morgan fingerprint density at radius 1 is 1.33 bits per heavy atom. The molecule has 2 aromatic heterocycles. The number of aryl methyl sites for hydroxylation is 1. The number of hydrogen-bond acceptors (Lipinski definition) is 5. The van der Waals surface area contributed by atoms with Crippen LogP contribution in [-0.2, 0) is 7.05 Å². The first kappa shape index (κ1) is 13.5. The van der Waals surface area contributed by atoms with Crippen molar-refractivity contribution in [1.29, 1.82) is 0 Å². The molecular formula is C12H17N3OS2. The van der Waals surface area contributed by atoms with Gasteiger partial charge in [0.25, 0.3) is 0 Å². The summed E-state index contributed by atoms with van der Waals surface area (Å²) in [5, 5.41) is 9.44. The number of thioether (sulfide) groups is 2. The summed E-state index contributed by atoms with van der Waals surface area (Å²) < 4.78 is 7.33. The molecule has 98 valence electrons. The summed E-state index contributed by atoms with van der Waals surface area (Å²) in [5.41, 5.74) is 1.01. The first-order valence-corrected chi connectivity index (χ1v) is 8.02. The van der Waals surface area contributed by atoms with Crippen LogP contribution >= 0.6 is 23.5 Å². The van der Waals surface area contributed by atoms with Crippen LogP contribution in [0.15, 0.2) is 21.9 Å². The van der Waals surface area contributed by atoms with Crippen LogP contribution in [0.5, 0.6) is 0 Å². The maximum absolute atomic E-state index is 5.31. The van der Waals surface area contributed by atoms with Gasteiger partial charge in [-0.1, -0.05) is 18.7 Å². The van der Waals surface area contributed by atoms with E-state index in [-0.39, 0.29) is 0 Å². The smallest absolute Gasteiger partial charge is 0.191 e. The number of aromatic nitrogens is 3. The van der Waals surface area contributed by atoms with Crippen LogP contribution in [0.2, 0.25) is 0 Å². The Morgan fingerprint density at radius 2 is 2.17 bits per heavy atom. The van der Waals surface area contributed by atoms with E-state index in [9.17, 15) is 0 Å². The number of nitrogens with zero attached hydrogens (tertiary/aromatic N) is 3. The topological polar surface area (TPSA) is 43.9 Å². The van der Waals surface area contributed by atoms with Crippen LogP contribution in [0.25, 0.3) is 11.4 Å². The molecule has 0 bridgehead atoms. The van der Waals surface area contributed by atoms with Crippen molar-refractivity contribution >= 4 is 23.5 Å². The van der Waals surface area contributed by atoms with Gasteiger partial charge in [0.15, 0.2) is 11.0 Å². The highest BCUT2D eigenvalue weighted by atomic mass is 32.2. The number of rotatable bonds is 6. The number of hydrogen-bond donors (Lipinski definition) is 0. The van der Waals surface area contributed by atoms with Gasteiger partial charge in [-0.2, -0.15) is 11.8 Å². The SMILES string of the molecule is CCSCCSc1nnc(-c2ccoc2C)n1C. The predicted molar refractivity (Wildman–Crippen MR) is 77.2 cm³/mol. The van der Waals surface area contributed by atoms with Crippen molar-refractivity contribution in [3.05, 3.63) is 18.1 Å². The fraction of sp³-hybridized carbons (Fsp3) is 0.500. The van der Waals surface area contributed by atoms with E-state index < -0.39 is 0 Å². The summed E-state index contributed by atoms with van der Waals surface area (Å²) in [6.07, 6.45) is 1.68. The summed E-state index contributed by atoms with van der Waals surface area (Å²) in [4.78, 5) is 0. The van der Waals surface area contributed by atoms with Crippen molar-refractivity contribution in [1.82, 2.24) is 14.8 Å². The first-order chi connectivity index (χ1) is 8.74. The second-order valence-corrected chi connectivity index (χ2v) is 6.26. The van der Waals surface area contributed by atoms with Gasteiger partial charge in [-0.25, -0.2) is 0 Å². The van der Waals surface area contributed by atoms with Crippen LogP contribution in [-0.4, -0.2) is 32.0 Å². The molecule has 0 N–H and O–H groups in total. The first-order valence-electron chi connectivity index (χ1n) is 5.88. The Labute approximate surface area is 116 Å². The highest BCUT2D eigenvalue weighted by Gasteiger charge is 2.14. The molecule has 2 heterocycles. The van der Waals surface area contributed by atoms with Crippen molar-refractivity contribution in [2.75, 3.05) is 17.3 Å². The molecule has 0 unspecified atom stereocenters. The quantitative estimate of drug-likeness (QED) is 0.601.